The van der Waals surface area contributed by atoms with Gasteiger partial charge in [-0.2, -0.15) is 0 Å². The van der Waals surface area contributed by atoms with Gasteiger partial charge in [0.15, 0.2) is 0 Å². The first kappa shape index (κ1) is 13.7. The van der Waals surface area contributed by atoms with Crippen LogP contribution in [0.2, 0.25) is 0 Å². The second-order valence-electron chi connectivity index (χ2n) is 3.61. The summed E-state index contributed by atoms with van der Waals surface area (Å²) in [7, 11) is 1.97. The Morgan fingerprint density at radius 1 is 1.40 bits per heavy atom. The Kier molecular flexibility index (Phi) is 6.43. The van der Waals surface area contributed by atoms with Gasteiger partial charge in [-0.3, -0.25) is 0 Å². The zero-order valence-corrected chi connectivity index (χ0v) is 10.4. The average molecular weight is 206 g/mol. The van der Waals surface area contributed by atoms with Crippen LogP contribution in [0.25, 0.3) is 0 Å². The number of unbranched alkanes of at least 4 members (excludes halogenated alkanes) is 1. The van der Waals surface area contributed by atoms with Gasteiger partial charge in [-0.05, 0) is 25.8 Å². The Morgan fingerprint density at radius 3 is 2.40 bits per heavy atom. The standard InChI is InChI=1S/C13H22N2/c1-7-9-10-14-13(12(5)8-2)15(6)11(3)4/h8,10H,2-3,7,9H2,1,4-6H3/b13-12+,14-10?. The van der Waals surface area contributed by atoms with Gasteiger partial charge in [-0.15, -0.1) is 0 Å². The van der Waals surface area contributed by atoms with Crippen molar-refractivity contribution in [3.8, 4) is 0 Å². The highest BCUT2D eigenvalue weighted by Crippen LogP contribution is 2.14. The lowest BCUT2D eigenvalue weighted by Gasteiger charge is -2.20. The summed E-state index contributed by atoms with van der Waals surface area (Å²) in [4.78, 5) is 6.43. The number of aliphatic imine (C=N–C) groups is 1. The van der Waals surface area contributed by atoms with Crippen molar-refractivity contribution in [1.29, 1.82) is 0 Å². The van der Waals surface area contributed by atoms with Crippen molar-refractivity contribution in [3.63, 3.8) is 0 Å². The molecule has 0 spiro atoms. The third-order valence-corrected chi connectivity index (χ3v) is 2.18. The van der Waals surface area contributed by atoms with Crippen molar-refractivity contribution in [3.05, 3.63) is 36.3 Å². The Morgan fingerprint density at radius 2 is 2.00 bits per heavy atom. The topological polar surface area (TPSA) is 15.6 Å². The maximum absolute atomic E-state index is 4.45. The number of rotatable bonds is 6. The second-order valence-corrected chi connectivity index (χ2v) is 3.61. The first-order valence-corrected chi connectivity index (χ1v) is 5.29. The van der Waals surface area contributed by atoms with Crippen LogP contribution >= 0.6 is 0 Å². The van der Waals surface area contributed by atoms with Gasteiger partial charge in [0.05, 0.1) is 0 Å². The molecule has 0 aliphatic rings. The Labute approximate surface area is 93.7 Å². The summed E-state index contributed by atoms with van der Waals surface area (Å²) in [5.41, 5.74) is 2.03. The molecule has 0 N–H and O–H groups in total. The van der Waals surface area contributed by atoms with Crippen LogP contribution in [0.4, 0.5) is 0 Å². The third-order valence-electron chi connectivity index (χ3n) is 2.18. The fraction of sp³-hybridized carbons (Fsp3) is 0.462. The molecule has 0 aromatic rings. The van der Waals surface area contributed by atoms with E-state index in [4.69, 9.17) is 0 Å². The van der Waals surface area contributed by atoms with Gasteiger partial charge in [-0.1, -0.05) is 32.6 Å². The van der Waals surface area contributed by atoms with Crippen LogP contribution in [0.3, 0.4) is 0 Å². The van der Waals surface area contributed by atoms with Gasteiger partial charge >= 0.3 is 0 Å². The molecule has 0 amide bonds. The Balaban J connectivity index is 4.91. The van der Waals surface area contributed by atoms with Gasteiger partial charge in [0.1, 0.15) is 5.82 Å². The number of nitrogens with zero attached hydrogens (tertiary/aromatic N) is 2. The summed E-state index contributed by atoms with van der Waals surface area (Å²) in [5, 5.41) is 0. The van der Waals surface area contributed by atoms with Crippen molar-refractivity contribution in [2.75, 3.05) is 7.05 Å². The summed E-state index contributed by atoms with van der Waals surface area (Å²) in [6, 6.07) is 0. The zero-order chi connectivity index (χ0) is 11.8. The van der Waals surface area contributed by atoms with E-state index in [0.29, 0.717) is 0 Å². The molecule has 0 fully saturated rings. The van der Waals surface area contributed by atoms with Crippen LogP contribution in [0.1, 0.15) is 33.6 Å². The van der Waals surface area contributed by atoms with Crippen LogP contribution in [0.5, 0.6) is 0 Å². The zero-order valence-electron chi connectivity index (χ0n) is 10.4. The van der Waals surface area contributed by atoms with Crippen LogP contribution in [-0.2, 0) is 0 Å². The van der Waals surface area contributed by atoms with E-state index in [2.05, 4.69) is 25.1 Å². The molecule has 15 heavy (non-hydrogen) atoms. The van der Waals surface area contributed by atoms with E-state index in [0.717, 1.165) is 29.9 Å². The molecule has 0 saturated carbocycles. The van der Waals surface area contributed by atoms with E-state index in [1.54, 1.807) is 0 Å². The van der Waals surface area contributed by atoms with Crippen molar-refractivity contribution < 1.29 is 0 Å². The maximum Gasteiger partial charge on any atom is 0.134 e. The fourth-order valence-electron chi connectivity index (χ4n) is 1.01. The van der Waals surface area contributed by atoms with Gasteiger partial charge < -0.3 is 4.90 Å². The summed E-state index contributed by atoms with van der Waals surface area (Å²) in [5.74, 6) is 0.922. The number of hydrogen-bond donors (Lipinski definition) is 0. The van der Waals surface area contributed by atoms with Crippen LogP contribution in [0.15, 0.2) is 41.3 Å². The highest BCUT2D eigenvalue weighted by atomic mass is 15.2. The van der Waals surface area contributed by atoms with Crippen LogP contribution in [-0.4, -0.2) is 18.2 Å². The Bertz CT molecular complexity index is 285. The summed E-state index contributed by atoms with van der Waals surface area (Å²) >= 11 is 0. The highest BCUT2D eigenvalue weighted by Gasteiger charge is 2.05. The molecule has 2 nitrogen and oxygen atoms in total. The highest BCUT2D eigenvalue weighted by molar-refractivity contribution is 5.59. The van der Waals surface area contributed by atoms with Crippen molar-refractivity contribution >= 4 is 6.21 Å². The van der Waals surface area contributed by atoms with Crippen molar-refractivity contribution in [2.45, 2.75) is 33.6 Å². The predicted molar refractivity (Wildman–Crippen MR) is 68.9 cm³/mol. The average Bonchev–Trinajstić information content (AvgIpc) is 2.22. The van der Waals surface area contributed by atoms with Crippen LogP contribution < -0.4 is 0 Å². The molecule has 0 atom stereocenters. The minimum Gasteiger partial charge on any atom is -0.334 e. The van der Waals surface area contributed by atoms with Gasteiger partial charge in [0, 0.05) is 19.0 Å². The maximum atomic E-state index is 4.45. The number of hydrogen-bond acceptors (Lipinski definition) is 2. The lowest BCUT2D eigenvalue weighted by molar-refractivity contribution is 0.512. The number of allylic oxidation sites excluding steroid dienone is 3. The minimum absolute atomic E-state index is 0.922. The van der Waals surface area contributed by atoms with Gasteiger partial charge in [0.25, 0.3) is 0 Å². The lowest BCUT2D eigenvalue weighted by atomic mass is 10.2. The summed E-state index contributed by atoms with van der Waals surface area (Å²) in [6.07, 6.45) is 5.87. The first-order valence-electron chi connectivity index (χ1n) is 5.29. The van der Waals surface area contributed by atoms with E-state index >= 15 is 0 Å². The van der Waals surface area contributed by atoms with Crippen molar-refractivity contribution in [2.24, 2.45) is 4.99 Å². The smallest absolute Gasteiger partial charge is 0.134 e. The Hall–Kier alpha value is -1.31. The minimum atomic E-state index is 0.922. The molecule has 2 heteroatoms. The molecule has 0 rings (SSSR count). The van der Waals surface area contributed by atoms with Crippen LogP contribution in [0, 0.1) is 0 Å². The van der Waals surface area contributed by atoms with E-state index in [1.165, 1.54) is 0 Å². The van der Waals surface area contributed by atoms with E-state index in [-0.39, 0.29) is 0 Å². The molecule has 84 valence electrons. The summed E-state index contributed by atoms with van der Waals surface area (Å²) < 4.78 is 0. The van der Waals surface area contributed by atoms with Gasteiger partial charge in [0.2, 0.25) is 0 Å². The molecule has 0 aliphatic carbocycles. The monoisotopic (exact) mass is 206 g/mol. The molecular formula is C13H22N2. The molecular weight excluding hydrogens is 184 g/mol. The fourth-order valence-corrected chi connectivity index (χ4v) is 1.01. The van der Waals surface area contributed by atoms with E-state index in [9.17, 15) is 0 Å². The van der Waals surface area contributed by atoms with Crippen molar-refractivity contribution in [1.82, 2.24) is 4.90 Å². The SMILES string of the molecule is C=C/C(C)=C(\N=CCCC)N(C)C(=C)C. The molecule has 0 aromatic carbocycles. The predicted octanol–water partition coefficient (Wildman–Crippen LogP) is 3.74. The molecule has 0 bridgehead atoms. The largest absolute Gasteiger partial charge is 0.334 e. The molecule has 0 saturated heterocycles. The van der Waals surface area contributed by atoms with E-state index < -0.39 is 0 Å². The summed E-state index contributed by atoms with van der Waals surface area (Å²) in [6.45, 7) is 13.8. The van der Waals surface area contributed by atoms with E-state index in [1.807, 2.05) is 38.1 Å². The molecule has 0 radical (unpaired) electrons. The molecule has 0 aromatic heterocycles. The molecule has 0 aliphatic heterocycles. The lowest BCUT2D eigenvalue weighted by Crippen LogP contribution is -2.14. The quantitative estimate of drug-likeness (QED) is 0.477. The third kappa shape index (κ3) is 4.63. The molecule has 0 unspecified atom stereocenters. The van der Waals surface area contributed by atoms with Gasteiger partial charge in [-0.25, -0.2) is 4.99 Å². The second kappa shape index (κ2) is 7.04. The normalized spacial score (nSPS) is 12.5. The first-order chi connectivity index (χ1) is 7.04. The molecule has 0 heterocycles.